The highest BCUT2D eigenvalue weighted by Gasteiger charge is 2.18. The van der Waals surface area contributed by atoms with Crippen molar-refractivity contribution in [3.63, 3.8) is 0 Å². The first-order chi connectivity index (χ1) is 7.81. The second-order valence-corrected chi connectivity index (χ2v) is 4.69. The summed E-state index contributed by atoms with van der Waals surface area (Å²) >= 11 is 0. The number of nitrogens with zero attached hydrogens (tertiary/aromatic N) is 1. The number of rotatable bonds is 2. The molecule has 0 bridgehead atoms. The molecule has 0 saturated carbocycles. The Morgan fingerprint density at radius 3 is 3.06 bits per heavy atom. The van der Waals surface area contributed by atoms with E-state index in [9.17, 15) is 0 Å². The topological polar surface area (TPSA) is 17.0 Å². The molecule has 0 spiro atoms. The van der Waals surface area contributed by atoms with Crippen LogP contribution in [0.5, 0.6) is 0 Å². The van der Waals surface area contributed by atoms with Crippen molar-refractivity contribution in [2.45, 2.75) is 32.4 Å². The van der Waals surface area contributed by atoms with Gasteiger partial charge in [0.2, 0.25) is 0 Å². The molecule has 1 aromatic carbocycles. The third-order valence-corrected chi connectivity index (χ3v) is 3.74. The molecule has 3 rings (SSSR count). The van der Waals surface area contributed by atoms with Crippen LogP contribution in [0, 0.1) is 0 Å². The first kappa shape index (κ1) is 9.91. The standard InChI is InChI=1S/C14H18N2/c1-10(15-2)13-9-12-6-3-5-11-7-4-8-16(13)14(11)12/h3,5-6,9-10,15H,4,7-8H2,1-2H3. The van der Waals surface area contributed by atoms with Crippen molar-refractivity contribution in [1.29, 1.82) is 0 Å². The van der Waals surface area contributed by atoms with Gasteiger partial charge in [0.15, 0.2) is 0 Å². The van der Waals surface area contributed by atoms with Gasteiger partial charge in [0.05, 0.1) is 5.52 Å². The maximum absolute atomic E-state index is 3.34. The maximum atomic E-state index is 3.34. The minimum atomic E-state index is 0.429. The Balaban J connectivity index is 2.29. The summed E-state index contributed by atoms with van der Waals surface area (Å²) in [6.07, 6.45) is 2.50. The molecule has 2 heterocycles. The summed E-state index contributed by atoms with van der Waals surface area (Å²) in [6.45, 7) is 3.40. The lowest BCUT2D eigenvalue weighted by molar-refractivity contribution is 0.550. The quantitative estimate of drug-likeness (QED) is 0.813. The number of para-hydroxylation sites is 1. The van der Waals surface area contributed by atoms with Crippen molar-refractivity contribution < 1.29 is 0 Å². The molecule has 1 aliphatic rings. The number of aryl methyl sites for hydroxylation is 2. The smallest absolute Gasteiger partial charge is 0.0515 e. The molecule has 1 atom stereocenters. The predicted molar refractivity (Wildman–Crippen MR) is 67.7 cm³/mol. The fraction of sp³-hybridized carbons (Fsp3) is 0.429. The van der Waals surface area contributed by atoms with Crippen molar-refractivity contribution >= 4 is 10.9 Å². The Bertz CT molecular complexity index is 525. The summed E-state index contributed by atoms with van der Waals surface area (Å²) in [5, 5.41) is 4.74. The fourth-order valence-electron chi connectivity index (χ4n) is 2.80. The van der Waals surface area contributed by atoms with Crippen LogP contribution in [0.3, 0.4) is 0 Å². The van der Waals surface area contributed by atoms with Crippen LogP contribution in [-0.4, -0.2) is 11.6 Å². The normalized spacial score (nSPS) is 16.6. The van der Waals surface area contributed by atoms with Gasteiger partial charge in [0.1, 0.15) is 0 Å². The van der Waals surface area contributed by atoms with E-state index in [-0.39, 0.29) is 0 Å². The van der Waals surface area contributed by atoms with Gasteiger partial charge in [-0.1, -0.05) is 18.2 Å². The highest BCUT2D eigenvalue weighted by molar-refractivity contribution is 5.85. The van der Waals surface area contributed by atoms with E-state index in [1.54, 1.807) is 0 Å². The van der Waals surface area contributed by atoms with Crippen LogP contribution in [0.1, 0.15) is 30.6 Å². The molecule has 2 aromatic rings. The van der Waals surface area contributed by atoms with E-state index >= 15 is 0 Å². The average molecular weight is 214 g/mol. The van der Waals surface area contributed by atoms with Crippen LogP contribution in [0.2, 0.25) is 0 Å². The van der Waals surface area contributed by atoms with Gasteiger partial charge in [0, 0.05) is 23.7 Å². The zero-order valence-corrected chi connectivity index (χ0v) is 9.96. The summed E-state index contributed by atoms with van der Waals surface area (Å²) in [5.41, 5.74) is 4.40. The van der Waals surface area contributed by atoms with E-state index in [1.807, 2.05) is 7.05 Å². The highest BCUT2D eigenvalue weighted by Crippen LogP contribution is 2.31. The number of benzene rings is 1. The summed E-state index contributed by atoms with van der Waals surface area (Å²) in [6, 6.07) is 9.45. The molecular weight excluding hydrogens is 196 g/mol. The SMILES string of the molecule is CNC(C)c1cc2cccc3c2n1CCC3. The molecule has 0 saturated heterocycles. The van der Waals surface area contributed by atoms with Crippen LogP contribution >= 0.6 is 0 Å². The molecule has 0 aliphatic carbocycles. The number of nitrogens with one attached hydrogen (secondary N) is 1. The van der Waals surface area contributed by atoms with Gasteiger partial charge in [-0.2, -0.15) is 0 Å². The van der Waals surface area contributed by atoms with Gasteiger partial charge >= 0.3 is 0 Å². The molecule has 16 heavy (non-hydrogen) atoms. The summed E-state index contributed by atoms with van der Waals surface area (Å²) < 4.78 is 2.50. The van der Waals surface area contributed by atoms with E-state index in [0.717, 1.165) is 0 Å². The van der Waals surface area contributed by atoms with Crippen LogP contribution in [0.4, 0.5) is 0 Å². The van der Waals surface area contributed by atoms with Gasteiger partial charge in [-0.3, -0.25) is 0 Å². The van der Waals surface area contributed by atoms with E-state index in [2.05, 4.69) is 41.1 Å². The molecule has 84 valence electrons. The van der Waals surface area contributed by atoms with Gasteiger partial charge in [-0.15, -0.1) is 0 Å². The zero-order valence-electron chi connectivity index (χ0n) is 9.96. The van der Waals surface area contributed by atoms with Gasteiger partial charge < -0.3 is 9.88 Å². The predicted octanol–water partition coefficient (Wildman–Crippen LogP) is 2.87. The molecule has 2 heteroatoms. The third-order valence-electron chi connectivity index (χ3n) is 3.74. The monoisotopic (exact) mass is 214 g/mol. The molecule has 1 aromatic heterocycles. The Morgan fingerprint density at radius 2 is 2.25 bits per heavy atom. The molecule has 0 radical (unpaired) electrons. The van der Waals surface area contributed by atoms with Gasteiger partial charge in [-0.25, -0.2) is 0 Å². The molecule has 2 nitrogen and oxygen atoms in total. The lowest BCUT2D eigenvalue weighted by atomic mass is 10.0. The first-order valence-corrected chi connectivity index (χ1v) is 6.09. The Kier molecular flexibility index (Phi) is 2.25. The molecule has 1 aliphatic heterocycles. The van der Waals surface area contributed by atoms with Crippen LogP contribution in [0.15, 0.2) is 24.3 Å². The van der Waals surface area contributed by atoms with Gasteiger partial charge in [-0.05, 0) is 38.4 Å². The van der Waals surface area contributed by atoms with E-state index in [0.29, 0.717) is 6.04 Å². The Hall–Kier alpha value is -1.28. The summed E-state index contributed by atoms with van der Waals surface area (Å²) in [7, 11) is 2.03. The van der Waals surface area contributed by atoms with E-state index in [1.165, 1.54) is 41.5 Å². The largest absolute Gasteiger partial charge is 0.343 e. The molecular formula is C14H18N2. The van der Waals surface area contributed by atoms with E-state index in [4.69, 9.17) is 0 Å². The molecule has 1 N–H and O–H groups in total. The second-order valence-electron chi connectivity index (χ2n) is 4.69. The van der Waals surface area contributed by atoms with Crippen LogP contribution < -0.4 is 5.32 Å². The Morgan fingerprint density at radius 1 is 1.38 bits per heavy atom. The minimum absolute atomic E-state index is 0.429. The Labute approximate surface area is 96.3 Å². The second kappa shape index (κ2) is 3.63. The zero-order chi connectivity index (χ0) is 11.1. The first-order valence-electron chi connectivity index (χ1n) is 6.09. The van der Waals surface area contributed by atoms with Crippen molar-refractivity contribution in [1.82, 2.24) is 9.88 Å². The van der Waals surface area contributed by atoms with E-state index < -0.39 is 0 Å². The lowest BCUT2D eigenvalue weighted by Crippen LogP contribution is -2.18. The molecule has 0 fully saturated rings. The van der Waals surface area contributed by atoms with Crippen molar-refractivity contribution in [2.75, 3.05) is 7.05 Å². The number of aromatic nitrogens is 1. The van der Waals surface area contributed by atoms with Crippen LogP contribution in [-0.2, 0) is 13.0 Å². The summed E-state index contributed by atoms with van der Waals surface area (Å²) in [5.74, 6) is 0. The minimum Gasteiger partial charge on any atom is -0.343 e. The molecule has 0 amide bonds. The van der Waals surface area contributed by atoms with Gasteiger partial charge in [0.25, 0.3) is 0 Å². The van der Waals surface area contributed by atoms with Crippen molar-refractivity contribution in [3.05, 3.63) is 35.5 Å². The number of hydrogen-bond donors (Lipinski definition) is 1. The summed E-state index contributed by atoms with van der Waals surface area (Å²) in [4.78, 5) is 0. The average Bonchev–Trinajstić information content (AvgIpc) is 2.70. The van der Waals surface area contributed by atoms with Crippen molar-refractivity contribution in [3.8, 4) is 0 Å². The lowest BCUT2D eigenvalue weighted by Gasteiger charge is -2.20. The van der Waals surface area contributed by atoms with Crippen LogP contribution in [0.25, 0.3) is 10.9 Å². The molecule has 1 unspecified atom stereocenters. The third kappa shape index (κ3) is 1.30. The van der Waals surface area contributed by atoms with Crippen molar-refractivity contribution in [2.24, 2.45) is 0 Å². The fourth-order valence-corrected chi connectivity index (χ4v) is 2.80. The maximum Gasteiger partial charge on any atom is 0.0515 e. The number of hydrogen-bond acceptors (Lipinski definition) is 1. The highest BCUT2D eigenvalue weighted by atomic mass is 15.0.